The Balaban J connectivity index is 0. The van der Waals surface area contributed by atoms with Crippen LogP contribution in [0.1, 0.15) is 6.99 Å². The Hall–Kier alpha value is 0.0800. The average Bonchev–Trinajstić information content (AvgIpc) is 2.03. The molecule has 0 aliphatic heterocycles. The van der Waals surface area contributed by atoms with Crippen LogP contribution in [-0.4, -0.2) is 19.0 Å². The minimum Gasteiger partial charge on any atom is -1.00 e. The van der Waals surface area contributed by atoms with Crippen LogP contribution in [0.15, 0.2) is 18.2 Å². The van der Waals surface area contributed by atoms with E-state index in [9.17, 15) is 4.57 Å². The first-order valence-electron chi connectivity index (χ1n) is 3.96. The molecule has 0 aliphatic carbocycles. The molecule has 3 nitrogen and oxygen atoms in total. The maximum Gasteiger partial charge on any atom is 1.00 e. The van der Waals surface area contributed by atoms with E-state index in [-0.39, 0.29) is 31.0 Å². The fourth-order valence-electron chi connectivity index (χ4n) is 1.26. The number of aryl methyl sites for hydroxylation is 1. The monoisotopic (exact) mass is 222 g/mol. The first-order chi connectivity index (χ1) is 6.02. The summed E-state index contributed by atoms with van der Waals surface area (Å²) in [5.41, 5.74) is 2.08. The molecule has 1 atom stereocenters. The molecule has 1 unspecified atom stereocenters. The van der Waals surface area contributed by atoms with Gasteiger partial charge in [-0.15, -0.1) is 0 Å². The van der Waals surface area contributed by atoms with Gasteiger partial charge in [-0.05, 0) is 35.3 Å². The molecule has 14 heavy (non-hydrogen) atoms. The normalized spacial score (nSPS) is 10.4. The molecule has 0 saturated carbocycles. The van der Waals surface area contributed by atoms with Gasteiger partial charge in [0, 0.05) is 19.8 Å². The van der Waals surface area contributed by atoms with Gasteiger partial charge in [0.2, 0.25) is 5.30 Å². The van der Waals surface area contributed by atoms with Crippen molar-refractivity contribution < 1.29 is 40.4 Å². The summed E-state index contributed by atoms with van der Waals surface area (Å²) < 4.78 is 10.8. The summed E-state index contributed by atoms with van der Waals surface area (Å²) in [6, 6.07) is 5.28. The van der Waals surface area contributed by atoms with Crippen molar-refractivity contribution in [3.8, 4) is 0 Å². The molecule has 0 saturated heterocycles. The van der Waals surface area contributed by atoms with E-state index in [2.05, 4.69) is 0 Å². The van der Waals surface area contributed by atoms with Crippen molar-refractivity contribution >= 4 is 19.0 Å². The Morgan fingerprint density at radius 3 is 2.36 bits per heavy atom. The van der Waals surface area contributed by atoms with Crippen molar-refractivity contribution in [2.75, 3.05) is 19.0 Å². The molecule has 0 aromatic heterocycles. The standard InChI is InChI=1S/C9H12NO2P.Na.H/c1-7-6-8(13(11)12)4-5-9(7)10(2)3;;/h4-6H,1-3H3;;/q;+1;-1/p+1. The summed E-state index contributed by atoms with van der Waals surface area (Å²) in [6.07, 6.45) is 0. The summed E-state index contributed by atoms with van der Waals surface area (Å²) in [6.45, 7) is 1.93. The molecule has 72 valence electrons. The van der Waals surface area contributed by atoms with Gasteiger partial charge in [0.25, 0.3) is 0 Å². The minimum absolute atomic E-state index is 0. The van der Waals surface area contributed by atoms with Gasteiger partial charge in [0.15, 0.2) is 0 Å². The quantitative estimate of drug-likeness (QED) is 0.491. The van der Waals surface area contributed by atoms with Gasteiger partial charge in [-0.25, -0.2) is 0 Å². The minimum atomic E-state index is -2.21. The molecule has 5 heteroatoms. The van der Waals surface area contributed by atoms with E-state index >= 15 is 0 Å². The van der Waals surface area contributed by atoms with Gasteiger partial charge in [-0.2, -0.15) is 4.89 Å². The Morgan fingerprint density at radius 1 is 1.43 bits per heavy atom. The predicted molar refractivity (Wildman–Crippen MR) is 56.1 cm³/mol. The SMILES string of the molecule is Cc1cc([P+](=O)O)ccc1N(C)C.[H-].[Na+]. The second-order valence-electron chi connectivity index (χ2n) is 3.14. The Labute approximate surface area is 109 Å². The van der Waals surface area contributed by atoms with Crippen LogP contribution in [0.2, 0.25) is 0 Å². The number of rotatable bonds is 2. The van der Waals surface area contributed by atoms with Crippen molar-refractivity contribution in [2.24, 2.45) is 0 Å². The summed E-state index contributed by atoms with van der Waals surface area (Å²) in [5.74, 6) is 0. The zero-order chi connectivity index (χ0) is 10.0. The molecule has 0 spiro atoms. The van der Waals surface area contributed by atoms with Crippen LogP contribution < -0.4 is 39.8 Å². The van der Waals surface area contributed by atoms with Crippen LogP contribution in [-0.2, 0) is 4.57 Å². The number of nitrogens with zero attached hydrogens (tertiary/aromatic N) is 1. The van der Waals surface area contributed by atoms with Crippen molar-refractivity contribution in [3.63, 3.8) is 0 Å². The van der Waals surface area contributed by atoms with E-state index in [4.69, 9.17) is 4.89 Å². The topological polar surface area (TPSA) is 40.5 Å². The molecule has 0 heterocycles. The molecular formula is C9H14NNaO2P+. The van der Waals surface area contributed by atoms with Crippen LogP contribution in [0.5, 0.6) is 0 Å². The fraction of sp³-hybridized carbons (Fsp3) is 0.333. The molecule has 1 rings (SSSR count). The van der Waals surface area contributed by atoms with Crippen molar-refractivity contribution in [3.05, 3.63) is 23.8 Å². The van der Waals surface area contributed by atoms with Crippen LogP contribution in [0.25, 0.3) is 0 Å². The van der Waals surface area contributed by atoms with Gasteiger partial charge in [0.05, 0.1) is 0 Å². The van der Waals surface area contributed by atoms with Crippen molar-refractivity contribution in [1.29, 1.82) is 0 Å². The molecular weight excluding hydrogens is 208 g/mol. The predicted octanol–water partition coefficient (Wildman–Crippen LogP) is -1.46. The van der Waals surface area contributed by atoms with Crippen LogP contribution in [0.4, 0.5) is 5.69 Å². The second kappa shape index (κ2) is 5.84. The van der Waals surface area contributed by atoms with E-state index < -0.39 is 8.03 Å². The van der Waals surface area contributed by atoms with Crippen LogP contribution in [0, 0.1) is 6.92 Å². The zero-order valence-corrected chi connectivity index (χ0v) is 11.9. The van der Waals surface area contributed by atoms with Crippen molar-refractivity contribution in [1.82, 2.24) is 0 Å². The van der Waals surface area contributed by atoms with E-state index in [1.54, 1.807) is 12.1 Å². The molecule has 1 aromatic carbocycles. The van der Waals surface area contributed by atoms with E-state index in [1.807, 2.05) is 32.0 Å². The third kappa shape index (κ3) is 3.34. The third-order valence-electron chi connectivity index (χ3n) is 1.88. The van der Waals surface area contributed by atoms with Gasteiger partial charge >= 0.3 is 37.6 Å². The maximum absolute atomic E-state index is 10.8. The van der Waals surface area contributed by atoms with E-state index in [0.29, 0.717) is 5.30 Å². The number of hydrogen-bond donors (Lipinski definition) is 1. The number of benzene rings is 1. The molecule has 1 aromatic rings. The molecule has 0 aliphatic rings. The van der Waals surface area contributed by atoms with E-state index in [0.717, 1.165) is 11.3 Å². The average molecular weight is 222 g/mol. The van der Waals surface area contributed by atoms with Gasteiger partial charge in [-0.3, -0.25) is 0 Å². The van der Waals surface area contributed by atoms with Crippen molar-refractivity contribution in [2.45, 2.75) is 6.92 Å². The Bertz CT molecular complexity index is 347. The van der Waals surface area contributed by atoms with Crippen LogP contribution >= 0.6 is 8.03 Å². The number of anilines is 1. The Kier molecular flexibility index (Phi) is 5.87. The first kappa shape index (κ1) is 14.1. The van der Waals surface area contributed by atoms with Gasteiger partial charge in [0.1, 0.15) is 0 Å². The fourth-order valence-corrected chi connectivity index (χ4v) is 1.77. The number of hydrogen-bond acceptors (Lipinski definition) is 2. The molecule has 0 bridgehead atoms. The summed E-state index contributed by atoms with van der Waals surface area (Å²) >= 11 is 0. The Morgan fingerprint density at radius 2 is 2.00 bits per heavy atom. The summed E-state index contributed by atoms with van der Waals surface area (Å²) in [7, 11) is 1.68. The zero-order valence-electron chi connectivity index (χ0n) is 9.98. The molecule has 0 radical (unpaired) electrons. The van der Waals surface area contributed by atoms with Gasteiger partial charge < -0.3 is 6.33 Å². The second-order valence-corrected chi connectivity index (χ2v) is 4.20. The summed E-state index contributed by atoms with van der Waals surface area (Å²) in [5, 5.41) is 0.484. The van der Waals surface area contributed by atoms with Gasteiger partial charge in [-0.1, -0.05) is 0 Å². The smallest absolute Gasteiger partial charge is 1.00 e. The summed E-state index contributed by atoms with van der Waals surface area (Å²) in [4.78, 5) is 10.8. The molecule has 0 fully saturated rings. The molecule has 0 amide bonds. The maximum atomic E-state index is 10.8. The third-order valence-corrected chi connectivity index (χ3v) is 2.60. The largest absolute Gasteiger partial charge is 1.00 e. The molecule has 1 N–H and O–H groups in total. The van der Waals surface area contributed by atoms with E-state index in [1.165, 1.54) is 0 Å². The van der Waals surface area contributed by atoms with Crippen LogP contribution in [0.3, 0.4) is 0 Å². The first-order valence-corrected chi connectivity index (χ1v) is 5.17.